The third kappa shape index (κ3) is 7.50. The van der Waals surface area contributed by atoms with Gasteiger partial charge < -0.3 is 19.6 Å². The first-order valence-corrected chi connectivity index (χ1v) is 16.9. The van der Waals surface area contributed by atoms with E-state index in [-0.39, 0.29) is 47.8 Å². The fourth-order valence-corrected chi connectivity index (χ4v) is 7.21. The predicted molar refractivity (Wildman–Crippen MR) is 180 cm³/mol. The Morgan fingerprint density at radius 2 is 1.49 bits per heavy atom. The zero-order chi connectivity index (χ0) is 34.4. The molecule has 47 heavy (non-hydrogen) atoms. The summed E-state index contributed by atoms with van der Waals surface area (Å²) in [5.41, 5.74) is -0.170. The molecule has 8 nitrogen and oxygen atoms in total. The SMILES string of the molecule is CN1CCN(C(=O)[C@@H]2CC(N(C(=O)C(C)(C)C)c3ccc(F)cc3F)CN2C(=O)[C@@H]2CN(C(C)(C)C)C[C@H]2c2ccc(Cl)cc2)CC1. The number of piperazine rings is 1. The van der Waals surface area contributed by atoms with Gasteiger partial charge in [0.25, 0.3) is 0 Å². The van der Waals surface area contributed by atoms with Crippen molar-refractivity contribution < 1.29 is 23.2 Å². The van der Waals surface area contributed by atoms with Crippen molar-refractivity contribution in [2.24, 2.45) is 11.3 Å². The summed E-state index contributed by atoms with van der Waals surface area (Å²) in [7, 11) is 2.01. The molecule has 3 aliphatic rings. The maximum absolute atomic E-state index is 15.4. The van der Waals surface area contributed by atoms with Crippen molar-refractivity contribution in [1.82, 2.24) is 19.6 Å². The van der Waals surface area contributed by atoms with Gasteiger partial charge in [0.15, 0.2) is 0 Å². The van der Waals surface area contributed by atoms with Gasteiger partial charge in [-0.25, -0.2) is 8.78 Å². The minimum absolute atomic E-state index is 0.0565. The Hall–Kier alpha value is -3.08. The molecule has 0 radical (unpaired) electrons. The Labute approximate surface area is 282 Å². The minimum atomic E-state index is -0.909. The minimum Gasteiger partial charge on any atom is -0.338 e. The number of hydrogen-bond donors (Lipinski definition) is 0. The predicted octanol–water partition coefficient (Wildman–Crippen LogP) is 5.25. The lowest BCUT2D eigenvalue weighted by Gasteiger charge is -2.36. The zero-order valence-corrected chi connectivity index (χ0v) is 29.4. The van der Waals surface area contributed by atoms with Gasteiger partial charge in [0.1, 0.15) is 17.7 Å². The van der Waals surface area contributed by atoms with Crippen LogP contribution >= 0.6 is 11.6 Å². The Morgan fingerprint density at radius 3 is 2.06 bits per heavy atom. The number of halogens is 3. The van der Waals surface area contributed by atoms with Crippen LogP contribution in [-0.2, 0) is 14.4 Å². The maximum Gasteiger partial charge on any atom is 0.245 e. The highest BCUT2D eigenvalue weighted by molar-refractivity contribution is 6.30. The fraction of sp³-hybridized carbons (Fsp3) is 0.583. The molecule has 0 aromatic heterocycles. The quantitative estimate of drug-likeness (QED) is 0.434. The molecule has 0 spiro atoms. The second kappa shape index (κ2) is 13.4. The molecule has 3 heterocycles. The molecule has 3 aliphatic heterocycles. The molecule has 5 rings (SSSR count). The van der Waals surface area contributed by atoms with E-state index in [4.69, 9.17) is 11.6 Å². The number of rotatable bonds is 5. The highest BCUT2D eigenvalue weighted by Gasteiger charge is 2.51. The van der Waals surface area contributed by atoms with E-state index < -0.39 is 35.1 Å². The first kappa shape index (κ1) is 35.2. The van der Waals surface area contributed by atoms with Crippen molar-refractivity contribution in [1.29, 1.82) is 0 Å². The average Bonchev–Trinajstić information content (AvgIpc) is 3.64. The van der Waals surface area contributed by atoms with Crippen molar-refractivity contribution >= 4 is 35.0 Å². The summed E-state index contributed by atoms with van der Waals surface area (Å²) in [6, 6.07) is 9.21. The summed E-state index contributed by atoms with van der Waals surface area (Å²) >= 11 is 6.22. The number of nitrogens with zero attached hydrogens (tertiary/aromatic N) is 5. The van der Waals surface area contributed by atoms with E-state index >= 15 is 4.39 Å². The second-order valence-corrected chi connectivity index (χ2v) is 15.8. The van der Waals surface area contributed by atoms with Gasteiger partial charge in [-0.05, 0) is 64.1 Å². The van der Waals surface area contributed by atoms with E-state index in [9.17, 15) is 18.8 Å². The van der Waals surface area contributed by atoms with Gasteiger partial charge >= 0.3 is 0 Å². The molecule has 256 valence electrons. The highest BCUT2D eigenvalue weighted by atomic mass is 35.5. The molecule has 3 saturated heterocycles. The Kier molecular flexibility index (Phi) is 10.1. The monoisotopic (exact) mass is 671 g/mol. The molecule has 2 aromatic rings. The van der Waals surface area contributed by atoms with Gasteiger partial charge in [0.05, 0.1) is 17.6 Å². The molecular formula is C36H48ClF2N5O3. The van der Waals surface area contributed by atoms with Crippen LogP contribution in [0.5, 0.6) is 0 Å². The van der Waals surface area contributed by atoms with Gasteiger partial charge in [-0.1, -0.05) is 44.5 Å². The van der Waals surface area contributed by atoms with E-state index in [0.29, 0.717) is 44.3 Å². The number of hydrogen-bond acceptors (Lipinski definition) is 5. The number of benzene rings is 2. The molecule has 1 unspecified atom stereocenters. The van der Waals surface area contributed by atoms with E-state index in [1.165, 1.54) is 11.0 Å². The smallest absolute Gasteiger partial charge is 0.245 e. The van der Waals surface area contributed by atoms with Crippen LogP contribution in [0.25, 0.3) is 0 Å². The number of anilines is 1. The van der Waals surface area contributed by atoms with Crippen LogP contribution in [-0.4, -0.2) is 108 Å². The Bertz CT molecular complexity index is 1480. The third-order valence-electron chi connectivity index (χ3n) is 9.94. The normalized spacial score (nSPS) is 24.6. The summed E-state index contributed by atoms with van der Waals surface area (Å²) in [5.74, 6) is -2.90. The largest absolute Gasteiger partial charge is 0.338 e. The average molecular weight is 672 g/mol. The number of likely N-dealkylation sites (N-methyl/N-ethyl adjacent to an activating group) is 1. The molecule has 2 aromatic carbocycles. The van der Waals surface area contributed by atoms with E-state index in [1.807, 2.05) is 31.3 Å². The van der Waals surface area contributed by atoms with Crippen LogP contribution in [0.3, 0.4) is 0 Å². The van der Waals surface area contributed by atoms with Gasteiger partial charge in [-0.2, -0.15) is 0 Å². The first-order chi connectivity index (χ1) is 22.0. The molecule has 0 saturated carbocycles. The molecule has 4 atom stereocenters. The lowest BCUT2D eigenvalue weighted by Crippen LogP contribution is -2.54. The van der Waals surface area contributed by atoms with Crippen molar-refractivity contribution in [3.63, 3.8) is 0 Å². The summed E-state index contributed by atoms with van der Waals surface area (Å²) < 4.78 is 29.4. The molecule has 3 fully saturated rings. The second-order valence-electron chi connectivity index (χ2n) is 15.4. The summed E-state index contributed by atoms with van der Waals surface area (Å²) in [6.07, 6.45) is 0.150. The van der Waals surface area contributed by atoms with Gasteiger partial charge in [0.2, 0.25) is 17.7 Å². The van der Waals surface area contributed by atoms with Crippen LogP contribution in [0, 0.1) is 23.0 Å². The van der Waals surface area contributed by atoms with E-state index in [1.54, 1.807) is 30.6 Å². The number of likely N-dealkylation sites (tertiary alicyclic amines) is 2. The highest BCUT2D eigenvalue weighted by Crippen LogP contribution is 2.40. The van der Waals surface area contributed by atoms with Crippen LogP contribution < -0.4 is 4.90 Å². The summed E-state index contributed by atoms with van der Waals surface area (Å²) in [4.78, 5) is 52.4. The molecular weight excluding hydrogens is 624 g/mol. The molecule has 0 N–H and O–H groups in total. The van der Waals surface area contributed by atoms with Crippen LogP contribution in [0.2, 0.25) is 5.02 Å². The lowest BCUT2D eigenvalue weighted by atomic mass is 9.88. The van der Waals surface area contributed by atoms with Gasteiger partial charge in [0, 0.05) is 73.8 Å². The third-order valence-corrected chi connectivity index (χ3v) is 10.2. The van der Waals surface area contributed by atoms with Gasteiger partial charge in [-0.3, -0.25) is 19.3 Å². The molecule has 3 amide bonds. The van der Waals surface area contributed by atoms with Crippen molar-refractivity contribution in [2.75, 3.05) is 57.8 Å². The number of amides is 3. The number of carbonyl (C=O) groups excluding carboxylic acids is 3. The summed E-state index contributed by atoms with van der Waals surface area (Å²) in [6.45, 7) is 15.3. The fourth-order valence-electron chi connectivity index (χ4n) is 7.09. The molecule has 11 heteroatoms. The number of carbonyl (C=O) groups is 3. The Balaban J connectivity index is 1.55. The van der Waals surface area contributed by atoms with Crippen LogP contribution in [0.1, 0.15) is 59.4 Å². The van der Waals surface area contributed by atoms with E-state index in [2.05, 4.69) is 30.6 Å². The van der Waals surface area contributed by atoms with Crippen molar-refractivity contribution in [3.05, 3.63) is 64.7 Å². The topological polar surface area (TPSA) is 67.4 Å². The van der Waals surface area contributed by atoms with Gasteiger partial charge in [-0.15, -0.1) is 0 Å². The standard InChI is InChI=1S/C36H48ClF2N5O3/c1-35(2,3)34(47)44(30-13-12-25(38)18-29(30)39)26-19-31(33(46)41-16-14-40(7)15-17-41)43(20-26)32(45)28-22-42(36(4,5)6)21-27(28)23-8-10-24(37)11-9-23/h8-13,18,26-28,31H,14-17,19-22H2,1-7H3/t26?,27-,28+,31-/m0/s1. The van der Waals surface area contributed by atoms with Crippen LogP contribution in [0.4, 0.5) is 14.5 Å². The van der Waals surface area contributed by atoms with Crippen LogP contribution in [0.15, 0.2) is 42.5 Å². The van der Waals surface area contributed by atoms with Crippen molar-refractivity contribution in [2.45, 2.75) is 71.5 Å². The zero-order valence-electron chi connectivity index (χ0n) is 28.6. The summed E-state index contributed by atoms with van der Waals surface area (Å²) in [5, 5.41) is 0.610. The Morgan fingerprint density at radius 1 is 0.851 bits per heavy atom. The first-order valence-electron chi connectivity index (χ1n) is 16.5. The maximum atomic E-state index is 15.4. The molecule has 0 aliphatic carbocycles. The molecule has 0 bridgehead atoms. The lowest BCUT2D eigenvalue weighted by molar-refractivity contribution is -0.147. The van der Waals surface area contributed by atoms with Crippen molar-refractivity contribution in [3.8, 4) is 0 Å². The van der Waals surface area contributed by atoms with E-state index in [0.717, 1.165) is 17.7 Å².